The Balaban J connectivity index is 2.28. The fourth-order valence-corrected chi connectivity index (χ4v) is 2.55. The van der Waals surface area contributed by atoms with E-state index in [1.165, 1.54) is 5.56 Å². The predicted octanol–water partition coefficient (Wildman–Crippen LogP) is 2.97. The van der Waals surface area contributed by atoms with Crippen LogP contribution in [-0.2, 0) is 10.2 Å². The van der Waals surface area contributed by atoms with Crippen molar-refractivity contribution in [1.82, 2.24) is 4.90 Å². The molecule has 0 bridgehead atoms. The summed E-state index contributed by atoms with van der Waals surface area (Å²) in [6, 6.07) is 10.3. The summed E-state index contributed by atoms with van der Waals surface area (Å²) in [4.78, 5) is 14.0. The van der Waals surface area contributed by atoms with Gasteiger partial charge in [-0.3, -0.25) is 4.79 Å². The van der Waals surface area contributed by atoms with Crippen molar-refractivity contribution in [2.24, 2.45) is 0 Å². The van der Waals surface area contributed by atoms with Gasteiger partial charge in [0.05, 0.1) is 0 Å². The fourth-order valence-electron chi connectivity index (χ4n) is 2.55. The second kappa shape index (κ2) is 3.59. The molecular formula is C15H21NO. The number of nitrogens with zero attached hydrogens (tertiary/aromatic N) is 1. The third-order valence-corrected chi connectivity index (χ3v) is 3.59. The molecule has 0 aromatic heterocycles. The molecule has 1 aliphatic heterocycles. The zero-order valence-electron chi connectivity index (χ0n) is 11.3. The molecule has 1 aromatic carbocycles. The summed E-state index contributed by atoms with van der Waals surface area (Å²) < 4.78 is 0. The van der Waals surface area contributed by atoms with Gasteiger partial charge in [0.2, 0.25) is 5.91 Å². The second-order valence-electron chi connectivity index (χ2n) is 6.37. The van der Waals surface area contributed by atoms with Gasteiger partial charge < -0.3 is 4.90 Å². The average Bonchev–Trinajstić information content (AvgIpc) is 2.92. The Labute approximate surface area is 104 Å². The van der Waals surface area contributed by atoms with Crippen LogP contribution >= 0.6 is 0 Å². The van der Waals surface area contributed by atoms with Crippen LogP contribution < -0.4 is 0 Å². The van der Waals surface area contributed by atoms with E-state index in [1.807, 2.05) is 23.1 Å². The Hall–Kier alpha value is -1.31. The van der Waals surface area contributed by atoms with Crippen LogP contribution in [0.15, 0.2) is 30.3 Å². The van der Waals surface area contributed by atoms with Gasteiger partial charge in [-0.05, 0) is 26.3 Å². The number of benzene rings is 1. The summed E-state index contributed by atoms with van der Waals surface area (Å²) in [5.41, 5.74) is 1.03. The van der Waals surface area contributed by atoms with Crippen molar-refractivity contribution >= 4 is 5.91 Å². The van der Waals surface area contributed by atoms with Crippen LogP contribution in [0.25, 0.3) is 0 Å². The van der Waals surface area contributed by atoms with Crippen LogP contribution in [0.3, 0.4) is 0 Å². The molecule has 1 unspecified atom stereocenters. The minimum absolute atomic E-state index is 0.0184. The van der Waals surface area contributed by atoms with E-state index in [2.05, 4.69) is 46.8 Å². The van der Waals surface area contributed by atoms with Crippen molar-refractivity contribution in [2.75, 3.05) is 0 Å². The van der Waals surface area contributed by atoms with Gasteiger partial charge in [0.1, 0.15) is 6.04 Å². The molecular weight excluding hydrogens is 210 g/mol. The van der Waals surface area contributed by atoms with Crippen LogP contribution in [0.5, 0.6) is 0 Å². The summed E-state index contributed by atoms with van der Waals surface area (Å²) >= 11 is 0. The van der Waals surface area contributed by atoms with Gasteiger partial charge in [-0.15, -0.1) is 0 Å². The van der Waals surface area contributed by atoms with Crippen LogP contribution in [0, 0.1) is 0 Å². The Kier molecular flexibility index (Phi) is 2.57. The first kappa shape index (κ1) is 12.2. The Morgan fingerprint density at radius 1 is 1.00 bits per heavy atom. The zero-order chi connectivity index (χ0) is 12.8. The largest absolute Gasteiger partial charge is 0.323 e. The van der Waals surface area contributed by atoms with Crippen molar-refractivity contribution in [1.29, 1.82) is 0 Å². The summed E-state index contributed by atoms with van der Waals surface area (Å²) in [7, 11) is 0. The minimum Gasteiger partial charge on any atom is -0.323 e. The van der Waals surface area contributed by atoms with Crippen LogP contribution in [0.4, 0.5) is 0 Å². The topological polar surface area (TPSA) is 20.1 Å². The van der Waals surface area contributed by atoms with Gasteiger partial charge in [0.15, 0.2) is 0 Å². The molecule has 92 valence electrons. The molecule has 2 nitrogen and oxygen atoms in total. The maximum absolute atomic E-state index is 12.0. The summed E-state index contributed by atoms with van der Waals surface area (Å²) in [5, 5.41) is 0. The molecule has 1 atom stereocenters. The molecule has 1 aromatic rings. The van der Waals surface area contributed by atoms with Gasteiger partial charge >= 0.3 is 0 Å². The Bertz CT molecular complexity index is 428. The van der Waals surface area contributed by atoms with Crippen molar-refractivity contribution < 1.29 is 4.79 Å². The van der Waals surface area contributed by atoms with E-state index in [-0.39, 0.29) is 22.9 Å². The molecule has 0 spiro atoms. The zero-order valence-corrected chi connectivity index (χ0v) is 11.3. The number of carbonyl (C=O) groups excluding carboxylic acids is 1. The van der Waals surface area contributed by atoms with Crippen LogP contribution in [-0.4, -0.2) is 22.4 Å². The minimum atomic E-state index is -0.119. The fraction of sp³-hybridized carbons (Fsp3) is 0.533. The maximum Gasteiger partial charge on any atom is 0.247 e. The van der Waals surface area contributed by atoms with Crippen molar-refractivity contribution in [3.63, 3.8) is 0 Å². The SMILES string of the molecule is CC(C)(c1ccccc1)C1C(=O)N1C(C)(C)C. The third kappa shape index (κ3) is 1.97. The Morgan fingerprint density at radius 2 is 1.53 bits per heavy atom. The highest BCUT2D eigenvalue weighted by molar-refractivity contribution is 5.99. The number of amides is 1. The molecule has 1 heterocycles. The normalized spacial score (nSPS) is 20.6. The molecule has 2 rings (SSSR count). The molecule has 1 aliphatic rings. The second-order valence-corrected chi connectivity index (χ2v) is 6.37. The molecule has 0 aliphatic carbocycles. The van der Waals surface area contributed by atoms with Gasteiger partial charge in [-0.2, -0.15) is 0 Å². The molecule has 0 N–H and O–H groups in total. The van der Waals surface area contributed by atoms with Gasteiger partial charge in [0.25, 0.3) is 0 Å². The lowest BCUT2D eigenvalue weighted by molar-refractivity contribution is -0.115. The highest BCUT2D eigenvalue weighted by atomic mass is 16.2. The van der Waals surface area contributed by atoms with Gasteiger partial charge in [0, 0.05) is 11.0 Å². The molecule has 1 fully saturated rings. The van der Waals surface area contributed by atoms with Crippen LogP contribution in [0.1, 0.15) is 40.2 Å². The van der Waals surface area contributed by atoms with E-state index in [9.17, 15) is 4.79 Å². The van der Waals surface area contributed by atoms with Crippen molar-refractivity contribution in [3.8, 4) is 0 Å². The van der Waals surface area contributed by atoms with E-state index in [0.717, 1.165) is 0 Å². The maximum atomic E-state index is 12.0. The summed E-state index contributed by atoms with van der Waals surface area (Å²) in [5.74, 6) is 0.270. The quantitative estimate of drug-likeness (QED) is 0.716. The first-order valence-corrected chi connectivity index (χ1v) is 6.15. The van der Waals surface area contributed by atoms with E-state index in [1.54, 1.807) is 0 Å². The van der Waals surface area contributed by atoms with Crippen molar-refractivity contribution in [3.05, 3.63) is 35.9 Å². The lowest BCUT2D eigenvalue weighted by atomic mass is 9.81. The van der Waals surface area contributed by atoms with Crippen molar-refractivity contribution in [2.45, 2.75) is 51.6 Å². The van der Waals surface area contributed by atoms with Gasteiger partial charge in [-0.25, -0.2) is 0 Å². The molecule has 1 saturated heterocycles. The van der Waals surface area contributed by atoms with Crippen LogP contribution in [0.2, 0.25) is 0 Å². The number of carbonyl (C=O) groups is 1. The number of rotatable bonds is 2. The average molecular weight is 231 g/mol. The molecule has 2 heteroatoms. The monoisotopic (exact) mass is 231 g/mol. The first-order chi connectivity index (χ1) is 7.76. The van der Waals surface area contributed by atoms with E-state index in [0.29, 0.717) is 0 Å². The molecule has 1 amide bonds. The van der Waals surface area contributed by atoms with E-state index in [4.69, 9.17) is 0 Å². The lowest BCUT2D eigenvalue weighted by Gasteiger charge is -2.28. The number of hydrogen-bond acceptors (Lipinski definition) is 1. The Morgan fingerprint density at radius 3 is 1.94 bits per heavy atom. The highest BCUT2D eigenvalue weighted by Crippen LogP contribution is 2.43. The molecule has 17 heavy (non-hydrogen) atoms. The predicted molar refractivity (Wildman–Crippen MR) is 69.9 cm³/mol. The molecule has 0 saturated carbocycles. The standard InChI is InChI=1S/C15H21NO/c1-14(2,3)16-12(13(16)17)15(4,5)11-9-7-6-8-10-11/h6-10,12H,1-5H3. The highest BCUT2D eigenvalue weighted by Gasteiger charge is 2.59. The number of hydrogen-bond donors (Lipinski definition) is 0. The summed E-state index contributed by atoms with van der Waals surface area (Å²) in [6.07, 6.45) is 0. The van der Waals surface area contributed by atoms with E-state index >= 15 is 0 Å². The summed E-state index contributed by atoms with van der Waals surface area (Å²) in [6.45, 7) is 10.6. The van der Waals surface area contributed by atoms with E-state index < -0.39 is 0 Å². The lowest BCUT2D eigenvalue weighted by Crippen LogP contribution is -2.35. The third-order valence-electron chi connectivity index (χ3n) is 3.59. The van der Waals surface area contributed by atoms with Gasteiger partial charge in [-0.1, -0.05) is 44.2 Å². The molecule has 0 radical (unpaired) electrons. The smallest absolute Gasteiger partial charge is 0.247 e. The first-order valence-electron chi connectivity index (χ1n) is 6.15.